The number of aromatic hydroxyl groups is 1. The van der Waals surface area contributed by atoms with Crippen LogP contribution in [0.2, 0.25) is 0 Å². The molecule has 0 atom stereocenters. The summed E-state index contributed by atoms with van der Waals surface area (Å²) in [6.07, 6.45) is 1.50. The van der Waals surface area contributed by atoms with Gasteiger partial charge in [-0.1, -0.05) is 30.3 Å². The number of benzene rings is 3. The van der Waals surface area contributed by atoms with Gasteiger partial charge in [-0.2, -0.15) is 5.10 Å². The second-order valence-electron chi connectivity index (χ2n) is 5.31. The van der Waals surface area contributed by atoms with E-state index >= 15 is 0 Å². The molecule has 0 aromatic heterocycles. The summed E-state index contributed by atoms with van der Waals surface area (Å²) in [4.78, 5) is 12.2. The molecule has 0 radical (unpaired) electrons. The Morgan fingerprint density at radius 3 is 2.68 bits per heavy atom. The summed E-state index contributed by atoms with van der Waals surface area (Å²) in [7, 11) is 1.48. The highest BCUT2D eigenvalue weighted by Crippen LogP contribution is 2.31. The molecular formula is C19H15IN2O3. The number of nitrogens with zero attached hydrogens (tertiary/aromatic N) is 1. The zero-order valence-corrected chi connectivity index (χ0v) is 15.5. The number of amides is 1. The largest absolute Gasteiger partial charge is 0.504 e. The van der Waals surface area contributed by atoms with E-state index in [4.69, 9.17) is 4.74 Å². The molecular weight excluding hydrogens is 431 g/mol. The molecule has 3 aromatic rings. The van der Waals surface area contributed by atoms with Gasteiger partial charge in [0.2, 0.25) is 0 Å². The minimum atomic E-state index is -0.289. The first-order chi connectivity index (χ1) is 12.1. The topological polar surface area (TPSA) is 70.9 Å². The fraction of sp³-hybridized carbons (Fsp3) is 0.0526. The second-order valence-corrected chi connectivity index (χ2v) is 6.48. The number of hydrogen-bond donors (Lipinski definition) is 2. The number of hydrogen-bond acceptors (Lipinski definition) is 4. The van der Waals surface area contributed by atoms with E-state index in [0.29, 0.717) is 20.4 Å². The molecule has 126 valence electrons. The lowest BCUT2D eigenvalue weighted by Crippen LogP contribution is -2.17. The Bertz CT molecular complexity index is 970. The average molecular weight is 446 g/mol. The molecule has 2 N–H and O–H groups in total. The first-order valence-electron chi connectivity index (χ1n) is 7.47. The smallest absolute Gasteiger partial charge is 0.271 e. The molecule has 0 aliphatic heterocycles. The van der Waals surface area contributed by atoms with Crippen LogP contribution in [0.5, 0.6) is 11.5 Å². The maximum atomic E-state index is 12.2. The molecule has 1 amide bonds. The quantitative estimate of drug-likeness (QED) is 0.363. The van der Waals surface area contributed by atoms with E-state index in [1.54, 1.807) is 18.2 Å². The normalized spacial score (nSPS) is 11.0. The van der Waals surface area contributed by atoms with Crippen molar-refractivity contribution >= 4 is 45.5 Å². The molecule has 0 heterocycles. The monoisotopic (exact) mass is 446 g/mol. The van der Waals surface area contributed by atoms with E-state index < -0.39 is 0 Å². The fourth-order valence-corrected chi connectivity index (χ4v) is 3.01. The molecule has 0 saturated carbocycles. The molecule has 5 nitrogen and oxygen atoms in total. The van der Waals surface area contributed by atoms with Crippen molar-refractivity contribution in [2.75, 3.05) is 7.11 Å². The number of carbonyl (C=O) groups excluding carboxylic acids is 1. The Kier molecular flexibility index (Phi) is 5.18. The number of methoxy groups -OCH3 is 1. The summed E-state index contributed by atoms with van der Waals surface area (Å²) < 4.78 is 5.74. The average Bonchev–Trinajstić information content (AvgIpc) is 2.63. The van der Waals surface area contributed by atoms with Crippen LogP contribution in [0.4, 0.5) is 0 Å². The van der Waals surface area contributed by atoms with Gasteiger partial charge in [0.15, 0.2) is 11.5 Å². The van der Waals surface area contributed by atoms with Crippen LogP contribution in [-0.2, 0) is 0 Å². The summed E-state index contributed by atoms with van der Waals surface area (Å²) in [5.41, 5.74) is 3.75. The maximum absolute atomic E-state index is 12.2. The van der Waals surface area contributed by atoms with Gasteiger partial charge in [0.05, 0.1) is 16.9 Å². The molecule has 6 heteroatoms. The number of fused-ring (bicyclic) bond motifs is 1. The zero-order valence-electron chi connectivity index (χ0n) is 13.4. The van der Waals surface area contributed by atoms with Crippen LogP contribution in [0.3, 0.4) is 0 Å². The van der Waals surface area contributed by atoms with Gasteiger partial charge in [0.1, 0.15) is 0 Å². The Labute approximate surface area is 158 Å². The molecule has 0 aliphatic rings. The van der Waals surface area contributed by atoms with Gasteiger partial charge < -0.3 is 9.84 Å². The van der Waals surface area contributed by atoms with E-state index in [9.17, 15) is 9.90 Å². The Balaban J connectivity index is 1.75. The molecule has 0 saturated heterocycles. The van der Waals surface area contributed by atoms with Crippen molar-refractivity contribution < 1.29 is 14.6 Å². The van der Waals surface area contributed by atoms with Gasteiger partial charge in [0, 0.05) is 5.56 Å². The number of phenolic OH excluding ortho intramolecular Hbond substituents is 1. The molecule has 0 unspecified atom stereocenters. The highest BCUT2D eigenvalue weighted by atomic mass is 127. The fourth-order valence-electron chi connectivity index (χ4n) is 2.38. The van der Waals surface area contributed by atoms with Gasteiger partial charge in [-0.05, 0) is 63.2 Å². The molecule has 25 heavy (non-hydrogen) atoms. The predicted octanol–water partition coefficient (Wildman–Crippen LogP) is 3.92. The molecule has 0 aliphatic carbocycles. The molecule has 0 bridgehead atoms. The number of ether oxygens (including phenoxy) is 1. The van der Waals surface area contributed by atoms with Crippen molar-refractivity contribution in [2.24, 2.45) is 5.10 Å². The minimum absolute atomic E-state index is 0.0837. The number of nitrogens with one attached hydrogen (secondary N) is 1. The molecule has 3 rings (SSSR count). The first kappa shape index (κ1) is 17.2. The Morgan fingerprint density at radius 2 is 1.92 bits per heavy atom. The third-order valence-electron chi connectivity index (χ3n) is 3.66. The highest BCUT2D eigenvalue weighted by Gasteiger charge is 2.08. The van der Waals surface area contributed by atoms with Crippen LogP contribution in [0, 0.1) is 3.57 Å². The molecule has 3 aromatic carbocycles. The van der Waals surface area contributed by atoms with Gasteiger partial charge in [-0.3, -0.25) is 4.79 Å². The zero-order chi connectivity index (χ0) is 17.8. The van der Waals surface area contributed by atoms with Crippen LogP contribution >= 0.6 is 22.6 Å². The molecule has 0 fully saturated rings. The first-order valence-corrected chi connectivity index (χ1v) is 8.55. The summed E-state index contributed by atoms with van der Waals surface area (Å²) in [6.45, 7) is 0. The maximum Gasteiger partial charge on any atom is 0.271 e. The lowest BCUT2D eigenvalue weighted by molar-refractivity contribution is 0.0955. The van der Waals surface area contributed by atoms with Crippen molar-refractivity contribution in [1.29, 1.82) is 0 Å². The van der Waals surface area contributed by atoms with Crippen molar-refractivity contribution in [3.05, 3.63) is 69.3 Å². The number of hydrazone groups is 1. The van der Waals surface area contributed by atoms with Gasteiger partial charge >= 0.3 is 0 Å². The van der Waals surface area contributed by atoms with Crippen LogP contribution in [0.1, 0.15) is 15.9 Å². The van der Waals surface area contributed by atoms with Crippen LogP contribution < -0.4 is 10.2 Å². The van der Waals surface area contributed by atoms with Crippen molar-refractivity contribution in [3.8, 4) is 11.5 Å². The van der Waals surface area contributed by atoms with E-state index in [1.165, 1.54) is 13.3 Å². The second kappa shape index (κ2) is 7.52. The number of rotatable bonds is 4. The summed E-state index contributed by atoms with van der Waals surface area (Å²) in [5, 5.41) is 15.9. The third-order valence-corrected chi connectivity index (χ3v) is 4.48. The van der Waals surface area contributed by atoms with Crippen LogP contribution in [-0.4, -0.2) is 24.3 Å². The van der Waals surface area contributed by atoms with E-state index in [1.807, 2.05) is 59.0 Å². The van der Waals surface area contributed by atoms with Gasteiger partial charge in [-0.15, -0.1) is 0 Å². The number of carbonyl (C=O) groups is 1. The van der Waals surface area contributed by atoms with E-state index in [-0.39, 0.29) is 11.7 Å². The molecule has 0 spiro atoms. The van der Waals surface area contributed by atoms with Crippen molar-refractivity contribution in [1.82, 2.24) is 5.43 Å². The summed E-state index contributed by atoms with van der Waals surface area (Å²) in [5.74, 6) is 0.150. The summed E-state index contributed by atoms with van der Waals surface area (Å²) in [6, 6.07) is 16.7. The lowest BCUT2D eigenvalue weighted by Gasteiger charge is -2.06. The van der Waals surface area contributed by atoms with Crippen molar-refractivity contribution in [2.45, 2.75) is 0 Å². The van der Waals surface area contributed by atoms with Gasteiger partial charge in [-0.25, -0.2) is 5.43 Å². The lowest BCUT2D eigenvalue weighted by atomic mass is 10.1. The highest BCUT2D eigenvalue weighted by molar-refractivity contribution is 14.1. The Morgan fingerprint density at radius 1 is 1.16 bits per heavy atom. The summed E-state index contributed by atoms with van der Waals surface area (Å²) >= 11 is 2.00. The Hall–Kier alpha value is -2.61. The number of halogens is 1. The number of phenols is 1. The predicted molar refractivity (Wildman–Crippen MR) is 106 cm³/mol. The SMILES string of the molecule is COc1cc(/C=N\NC(=O)c2ccc3ccccc3c2)cc(I)c1O. The third kappa shape index (κ3) is 3.90. The minimum Gasteiger partial charge on any atom is -0.504 e. The van der Waals surface area contributed by atoms with Crippen LogP contribution in [0.25, 0.3) is 10.8 Å². The standard InChI is InChI=1S/C19H15IN2O3/c1-25-17-9-12(8-16(20)18(17)23)11-21-22-19(24)15-7-6-13-4-2-3-5-14(13)10-15/h2-11,23H,1H3,(H,22,24)/b21-11-. The van der Waals surface area contributed by atoms with Crippen molar-refractivity contribution in [3.63, 3.8) is 0 Å². The van der Waals surface area contributed by atoms with Crippen LogP contribution in [0.15, 0.2) is 59.7 Å². The van der Waals surface area contributed by atoms with Gasteiger partial charge in [0.25, 0.3) is 5.91 Å². The van der Waals surface area contributed by atoms with E-state index in [2.05, 4.69) is 10.5 Å². The van der Waals surface area contributed by atoms with E-state index in [0.717, 1.165) is 10.8 Å².